The van der Waals surface area contributed by atoms with E-state index in [0.29, 0.717) is 23.5 Å². The smallest absolute Gasteiger partial charge is 0.253 e. The van der Waals surface area contributed by atoms with Crippen LogP contribution in [0.2, 0.25) is 5.02 Å². The highest BCUT2D eigenvalue weighted by Gasteiger charge is 2.22. The number of benzene rings is 2. The lowest BCUT2D eigenvalue weighted by atomic mass is 10.1. The van der Waals surface area contributed by atoms with Gasteiger partial charge in [0.1, 0.15) is 0 Å². The molecule has 2 aromatic carbocycles. The lowest BCUT2D eigenvalue weighted by Crippen LogP contribution is -2.49. The second kappa shape index (κ2) is 12.1. The molecule has 31 heavy (non-hydrogen) atoms. The molecule has 0 radical (unpaired) electrons. The zero-order valence-corrected chi connectivity index (χ0v) is 19.1. The Hall–Kier alpha value is -2.06. The lowest BCUT2D eigenvalue weighted by molar-refractivity contribution is -0.113. The summed E-state index contributed by atoms with van der Waals surface area (Å²) in [5.74, 6) is 1.11. The number of thioether (sulfide) groups is 1. The Bertz CT molecular complexity index is 853. The van der Waals surface area contributed by atoms with Crippen LogP contribution in [0.1, 0.15) is 15.9 Å². The van der Waals surface area contributed by atoms with Gasteiger partial charge in [-0.1, -0.05) is 23.7 Å². The molecule has 0 bridgehead atoms. The molecule has 2 aromatic rings. The van der Waals surface area contributed by atoms with E-state index in [9.17, 15) is 9.59 Å². The highest BCUT2D eigenvalue weighted by atomic mass is 35.5. The van der Waals surface area contributed by atoms with Crippen molar-refractivity contribution in [3.05, 3.63) is 64.7 Å². The highest BCUT2D eigenvalue weighted by molar-refractivity contribution is 7.99. The van der Waals surface area contributed by atoms with Gasteiger partial charge in [-0.15, -0.1) is 0 Å². The van der Waals surface area contributed by atoms with E-state index < -0.39 is 0 Å². The Morgan fingerprint density at radius 3 is 2.32 bits per heavy atom. The quantitative estimate of drug-likeness (QED) is 0.562. The highest BCUT2D eigenvalue weighted by Crippen LogP contribution is 2.15. The summed E-state index contributed by atoms with van der Waals surface area (Å²) < 4.78 is 0. The minimum Gasteiger partial charge on any atom is -0.336 e. The van der Waals surface area contributed by atoms with Crippen LogP contribution < -0.4 is 11.1 Å². The summed E-state index contributed by atoms with van der Waals surface area (Å²) in [7, 11) is 0. The maximum atomic E-state index is 12.8. The first-order valence-corrected chi connectivity index (χ1v) is 12.0. The third-order valence-electron chi connectivity index (χ3n) is 5.20. The molecule has 1 saturated heterocycles. The van der Waals surface area contributed by atoms with Crippen molar-refractivity contribution < 1.29 is 9.59 Å². The Labute approximate surface area is 193 Å². The predicted molar refractivity (Wildman–Crippen MR) is 129 cm³/mol. The SMILES string of the molecule is NCCSCC(=O)Nc1ccc(C(=O)N2CCN(CCc3ccc(Cl)cc3)CC2)cc1. The van der Waals surface area contributed by atoms with Crippen molar-refractivity contribution in [3.63, 3.8) is 0 Å². The number of hydrogen-bond acceptors (Lipinski definition) is 5. The fourth-order valence-electron chi connectivity index (χ4n) is 3.44. The van der Waals surface area contributed by atoms with Gasteiger partial charge in [-0.2, -0.15) is 11.8 Å². The molecule has 3 N–H and O–H groups in total. The van der Waals surface area contributed by atoms with E-state index in [1.54, 1.807) is 24.3 Å². The van der Waals surface area contributed by atoms with Crippen LogP contribution in [0.5, 0.6) is 0 Å². The van der Waals surface area contributed by atoms with Gasteiger partial charge in [0.05, 0.1) is 5.75 Å². The van der Waals surface area contributed by atoms with Gasteiger partial charge in [-0.3, -0.25) is 14.5 Å². The van der Waals surface area contributed by atoms with Crippen molar-refractivity contribution in [2.75, 3.05) is 56.1 Å². The molecule has 0 aliphatic carbocycles. The third kappa shape index (κ3) is 7.54. The molecular weight excluding hydrogens is 432 g/mol. The average Bonchev–Trinajstić information content (AvgIpc) is 2.79. The fourth-order valence-corrected chi connectivity index (χ4v) is 4.13. The summed E-state index contributed by atoms with van der Waals surface area (Å²) in [4.78, 5) is 29.0. The molecule has 1 aliphatic heterocycles. The third-order valence-corrected chi connectivity index (χ3v) is 6.44. The first kappa shape index (κ1) is 23.6. The largest absolute Gasteiger partial charge is 0.336 e. The lowest BCUT2D eigenvalue weighted by Gasteiger charge is -2.34. The van der Waals surface area contributed by atoms with Crippen LogP contribution >= 0.6 is 23.4 Å². The minimum absolute atomic E-state index is 0.0359. The van der Waals surface area contributed by atoms with E-state index >= 15 is 0 Å². The number of nitrogens with two attached hydrogens (primary N) is 1. The number of rotatable bonds is 9. The van der Waals surface area contributed by atoms with Crippen molar-refractivity contribution >= 4 is 40.9 Å². The summed E-state index contributed by atoms with van der Waals surface area (Å²) >= 11 is 7.44. The van der Waals surface area contributed by atoms with Crippen molar-refractivity contribution in [2.45, 2.75) is 6.42 Å². The first-order chi connectivity index (χ1) is 15.0. The number of carbonyl (C=O) groups is 2. The number of hydrogen-bond donors (Lipinski definition) is 2. The first-order valence-electron chi connectivity index (χ1n) is 10.5. The van der Waals surface area contributed by atoms with Gasteiger partial charge >= 0.3 is 0 Å². The van der Waals surface area contributed by atoms with Crippen molar-refractivity contribution in [1.29, 1.82) is 0 Å². The molecule has 8 heteroatoms. The fraction of sp³-hybridized carbons (Fsp3) is 0.391. The number of piperazine rings is 1. The topological polar surface area (TPSA) is 78.7 Å². The van der Waals surface area contributed by atoms with Gasteiger partial charge < -0.3 is 16.0 Å². The number of anilines is 1. The standard InChI is InChI=1S/C23H29ClN4O2S/c24-20-5-1-18(2-6-20)9-11-27-12-14-28(15-13-27)23(30)19-3-7-21(8-4-19)26-22(29)17-31-16-10-25/h1-8H,9-17,25H2,(H,26,29). The zero-order chi connectivity index (χ0) is 22.1. The summed E-state index contributed by atoms with van der Waals surface area (Å²) in [6, 6.07) is 15.1. The summed E-state index contributed by atoms with van der Waals surface area (Å²) in [5, 5.41) is 3.60. The molecule has 1 aliphatic rings. The van der Waals surface area contributed by atoms with E-state index in [1.807, 2.05) is 17.0 Å². The van der Waals surface area contributed by atoms with E-state index in [-0.39, 0.29) is 11.8 Å². The molecule has 0 aromatic heterocycles. The van der Waals surface area contributed by atoms with Gasteiger partial charge in [0, 0.05) is 61.3 Å². The minimum atomic E-state index is -0.0627. The summed E-state index contributed by atoms with van der Waals surface area (Å²) in [6.07, 6.45) is 0.975. The molecule has 0 saturated carbocycles. The van der Waals surface area contributed by atoms with E-state index in [2.05, 4.69) is 22.3 Å². The number of nitrogens with one attached hydrogen (secondary N) is 1. The average molecular weight is 461 g/mol. The molecule has 1 fully saturated rings. The second-order valence-corrected chi connectivity index (χ2v) is 9.02. The maximum absolute atomic E-state index is 12.8. The molecule has 166 valence electrons. The molecule has 1 heterocycles. The molecule has 0 spiro atoms. The Morgan fingerprint density at radius 2 is 1.68 bits per heavy atom. The zero-order valence-electron chi connectivity index (χ0n) is 17.6. The van der Waals surface area contributed by atoms with E-state index in [0.717, 1.165) is 49.9 Å². The summed E-state index contributed by atoms with van der Waals surface area (Å²) in [5.41, 5.74) is 8.04. The normalized spacial score (nSPS) is 14.5. The Morgan fingerprint density at radius 1 is 1.00 bits per heavy atom. The van der Waals surface area contributed by atoms with Crippen LogP contribution in [0.25, 0.3) is 0 Å². The second-order valence-electron chi connectivity index (χ2n) is 7.48. The van der Waals surface area contributed by atoms with E-state index in [1.165, 1.54) is 17.3 Å². The molecule has 0 atom stereocenters. The van der Waals surface area contributed by atoms with Gasteiger partial charge in [0.2, 0.25) is 5.91 Å². The molecular formula is C23H29ClN4O2S. The van der Waals surface area contributed by atoms with Gasteiger partial charge in [-0.25, -0.2) is 0 Å². The molecule has 2 amide bonds. The molecule has 6 nitrogen and oxygen atoms in total. The van der Waals surface area contributed by atoms with Crippen molar-refractivity contribution in [1.82, 2.24) is 9.80 Å². The maximum Gasteiger partial charge on any atom is 0.253 e. The number of amides is 2. The van der Waals surface area contributed by atoms with Gasteiger partial charge in [0.25, 0.3) is 5.91 Å². The van der Waals surface area contributed by atoms with Crippen LogP contribution in [0.15, 0.2) is 48.5 Å². The van der Waals surface area contributed by atoms with Crippen LogP contribution in [0.4, 0.5) is 5.69 Å². The van der Waals surface area contributed by atoms with E-state index in [4.69, 9.17) is 17.3 Å². The number of nitrogens with zero attached hydrogens (tertiary/aromatic N) is 2. The number of carbonyl (C=O) groups excluding carboxylic acids is 2. The Kier molecular flexibility index (Phi) is 9.21. The monoisotopic (exact) mass is 460 g/mol. The predicted octanol–water partition coefficient (Wildman–Crippen LogP) is 2.97. The van der Waals surface area contributed by atoms with Crippen molar-refractivity contribution in [2.24, 2.45) is 5.73 Å². The Balaban J connectivity index is 1.42. The van der Waals surface area contributed by atoms with Gasteiger partial charge in [0.15, 0.2) is 0 Å². The molecule has 3 rings (SSSR count). The van der Waals surface area contributed by atoms with Gasteiger partial charge in [-0.05, 0) is 48.4 Å². The number of halogens is 1. The summed E-state index contributed by atoms with van der Waals surface area (Å²) in [6.45, 7) is 4.71. The van der Waals surface area contributed by atoms with Crippen LogP contribution in [-0.4, -0.2) is 72.4 Å². The van der Waals surface area contributed by atoms with Crippen LogP contribution in [0, 0.1) is 0 Å². The van der Waals surface area contributed by atoms with Crippen LogP contribution in [0.3, 0.4) is 0 Å². The van der Waals surface area contributed by atoms with Crippen LogP contribution in [-0.2, 0) is 11.2 Å². The van der Waals surface area contributed by atoms with Crippen molar-refractivity contribution in [3.8, 4) is 0 Å². The molecule has 0 unspecified atom stereocenters.